The van der Waals surface area contributed by atoms with Crippen molar-refractivity contribution in [2.24, 2.45) is 0 Å². The van der Waals surface area contributed by atoms with Crippen LogP contribution >= 0.6 is 0 Å². The number of rotatable bonds is 4. The molecular weight excluding hydrogens is 364 g/mol. The van der Waals surface area contributed by atoms with E-state index in [0.29, 0.717) is 6.54 Å². The Bertz CT molecular complexity index is 1150. The molecule has 0 aliphatic carbocycles. The van der Waals surface area contributed by atoms with Crippen LogP contribution in [0.25, 0.3) is 21.9 Å². The van der Waals surface area contributed by atoms with E-state index in [0.717, 1.165) is 47.2 Å². The number of hydrogen-bond donors (Lipinski definition) is 1. The fourth-order valence-electron chi connectivity index (χ4n) is 3.92. The number of aliphatic hydroxyl groups excluding tert-OH is 1. The lowest BCUT2D eigenvalue weighted by Crippen LogP contribution is -2.48. The number of ether oxygens (including phenoxy) is 1. The molecule has 3 heterocycles. The minimum Gasteiger partial charge on any atom is -0.488 e. The number of likely N-dealkylation sites (tertiary alicyclic amines) is 1. The lowest BCUT2D eigenvalue weighted by Gasteiger charge is -2.36. The Balaban J connectivity index is 1.23. The van der Waals surface area contributed by atoms with Gasteiger partial charge in [0.2, 0.25) is 0 Å². The maximum Gasteiger partial charge on any atom is 0.127 e. The Hall–Kier alpha value is -3.09. The Morgan fingerprint density at radius 1 is 0.931 bits per heavy atom. The van der Waals surface area contributed by atoms with Crippen molar-refractivity contribution in [2.45, 2.75) is 25.2 Å². The Morgan fingerprint density at radius 2 is 1.79 bits per heavy atom. The number of benzene rings is 2. The van der Waals surface area contributed by atoms with Gasteiger partial charge in [-0.05, 0) is 42.3 Å². The van der Waals surface area contributed by atoms with E-state index < -0.39 is 6.10 Å². The Kier molecular flexibility index (Phi) is 4.79. The van der Waals surface area contributed by atoms with Crippen molar-refractivity contribution in [3.63, 3.8) is 0 Å². The topological polar surface area (TPSA) is 71.4 Å². The summed E-state index contributed by atoms with van der Waals surface area (Å²) in [7, 11) is 0. The fourth-order valence-corrected chi connectivity index (χ4v) is 3.92. The van der Waals surface area contributed by atoms with Crippen LogP contribution in [0.1, 0.15) is 12.0 Å². The molecule has 1 aliphatic heterocycles. The first-order valence-corrected chi connectivity index (χ1v) is 9.86. The van der Waals surface area contributed by atoms with E-state index in [1.54, 1.807) is 18.6 Å². The summed E-state index contributed by atoms with van der Waals surface area (Å²) in [5.74, 6) is 0.752. The number of hydrogen-bond acceptors (Lipinski definition) is 6. The van der Waals surface area contributed by atoms with Gasteiger partial charge in [0, 0.05) is 49.7 Å². The van der Waals surface area contributed by atoms with Gasteiger partial charge < -0.3 is 9.84 Å². The van der Waals surface area contributed by atoms with E-state index in [4.69, 9.17) is 4.74 Å². The average molecular weight is 386 g/mol. The van der Waals surface area contributed by atoms with Crippen LogP contribution in [-0.4, -0.2) is 50.3 Å². The van der Waals surface area contributed by atoms with Crippen molar-refractivity contribution in [1.82, 2.24) is 19.9 Å². The second-order valence-corrected chi connectivity index (χ2v) is 7.48. The minimum atomic E-state index is -0.538. The lowest BCUT2D eigenvalue weighted by atomic mass is 10.0. The van der Waals surface area contributed by atoms with Crippen molar-refractivity contribution in [3.8, 4) is 5.75 Å². The number of aromatic nitrogens is 3. The number of nitrogens with zero attached hydrogens (tertiary/aromatic N) is 4. The molecule has 0 saturated carbocycles. The molecule has 0 bridgehead atoms. The van der Waals surface area contributed by atoms with Crippen LogP contribution < -0.4 is 4.74 Å². The van der Waals surface area contributed by atoms with E-state index in [2.05, 4.69) is 32.0 Å². The molecule has 0 unspecified atom stereocenters. The smallest absolute Gasteiger partial charge is 0.127 e. The Morgan fingerprint density at radius 3 is 2.69 bits per heavy atom. The van der Waals surface area contributed by atoms with Crippen molar-refractivity contribution in [3.05, 3.63) is 72.7 Å². The average Bonchev–Trinajstić information content (AvgIpc) is 2.75. The second-order valence-electron chi connectivity index (χ2n) is 7.48. The third kappa shape index (κ3) is 3.90. The third-order valence-electron chi connectivity index (χ3n) is 5.41. The Labute approximate surface area is 168 Å². The summed E-state index contributed by atoms with van der Waals surface area (Å²) in [6.07, 6.45) is 5.21. The van der Waals surface area contributed by atoms with Gasteiger partial charge in [0.25, 0.3) is 0 Å². The molecule has 4 aromatic rings. The van der Waals surface area contributed by atoms with Gasteiger partial charge in [0.15, 0.2) is 0 Å². The van der Waals surface area contributed by atoms with Gasteiger partial charge in [-0.3, -0.25) is 19.9 Å². The van der Waals surface area contributed by atoms with Crippen LogP contribution in [-0.2, 0) is 6.54 Å². The first kappa shape index (κ1) is 18.0. The molecule has 1 fully saturated rings. The molecule has 1 saturated heterocycles. The summed E-state index contributed by atoms with van der Waals surface area (Å²) in [5.41, 5.74) is 3.86. The molecule has 6 nitrogen and oxygen atoms in total. The molecule has 2 aromatic heterocycles. The fraction of sp³-hybridized carbons (Fsp3) is 0.261. The molecule has 0 spiro atoms. The molecule has 2 aromatic carbocycles. The van der Waals surface area contributed by atoms with Gasteiger partial charge in [-0.15, -0.1) is 0 Å². The quantitative estimate of drug-likeness (QED) is 0.581. The standard InChI is InChI=1S/C23H22N4O2/c28-22-15-27(14-16-3-6-19-21(12-16)26-10-9-25-19)11-7-23(22)29-18-5-4-17-2-1-8-24-20(17)13-18/h1-6,8-10,12-13,22-23,28H,7,11,14-15H2/t22-,23-/m1/s1. The van der Waals surface area contributed by atoms with Crippen LogP contribution in [0.4, 0.5) is 0 Å². The minimum absolute atomic E-state index is 0.213. The van der Waals surface area contributed by atoms with Crippen molar-refractivity contribution in [2.75, 3.05) is 13.1 Å². The predicted octanol–water partition coefficient (Wildman–Crippen LogP) is 3.19. The predicted molar refractivity (Wildman–Crippen MR) is 112 cm³/mol. The van der Waals surface area contributed by atoms with E-state index >= 15 is 0 Å². The van der Waals surface area contributed by atoms with Gasteiger partial charge in [-0.1, -0.05) is 12.1 Å². The van der Waals surface area contributed by atoms with Crippen molar-refractivity contribution < 1.29 is 9.84 Å². The van der Waals surface area contributed by atoms with E-state index in [-0.39, 0.29) is 6.10 Å². The first-order valence-electron chi connectivity index (χ1n) is 9.86. The van der Waals surface area contributed by atoms with Crippen LogP contribution in [0.2, 0.25) is 0 Å². The highest BCUT2D eigenvalue weighted by molar-refractivity contribution is 5.79. The highest BCUT2D eigenvalue weighted by atomic mass is 16.5. The number of β-amino-alcohol motifs (C(OH)–C–C–N with tert-alkyl or cyclic N) is 1. The summed E-state index contributed by atoms with van der Waals surface area (Å²) in [5, 5.41) is 11.7. The first-order chi connectivity index (χ1) is 14.2. The van der Waals surface area contributed by atoms with Crippen LogP contribution in [0, 0.1) is 0 Å². The number of aliphatic hydroxyl groups is 1. The van der Waals surface area contributed by atoms with Gasteiger partial charge in [-0.2, -0.15) is 0 Å². The summed E-state index contributed by atoms with van der Waals surface area (Å²) >= 11 is 0. The molecule has 29 heavy (non-hydrogen) atoms. The summed E-state index contributed by atoms with van der Waals surface area (Å²) in [6.45, 7) is 2.22. The molecule has 0 radical (unpaired) electrons. The molecule has 0 amide bonds. The third-order valence-corrected chi connectivity index (χ3v) is 5.41. The normalized spacial score (nSPS) is 20.2. The SMILES string of the molecule is O[C@@H]1CN(Cc2ccc3nccnc3c2)CC[C@H]1Oc1ccc2cccnc2c1. The summed E-state index contributed by atoms with van der Waals surface area (Å²) in [4.78, 5) is 15.3. The molecular formula is C23H22N4O2. The second kappa shape index (κ2) is 7.73. The number of piperidine rings is 1. The van der Waals surface area contributed by atoms with Gasteiger partial charge >= 0.3 is 0 Å². The van der Waals surface area contributed by atoms with Gasteiger partial charge in [0.1, 0.15) is 18.0 Å². The van der Waals surface area contributed by atoms with Gasteiger partial charge in [-0.25, -0.2) is 0 Å². The molecule has 1 N–H and O–H groups in total. The summed E-state index contributed by atoms with van der Waals surface area (Å²) in [6, 6.07) is 16.0. The zero-order chi connectivity index (χ0) is 19.6. The lowest BCUT2D eigenvalue weighted by molar-refractivity contribution is -0.0274. The molecule has 6 heteroatoms. The van der Waals surface area contributed by atoms with E-state index in [1.807, 2.05) is 36.4 Å². The molecule has 2 atom stereocenters. The number of fused-ring (bicyclic) bond motifs is 2. The molecule has 1 aliphatic rings. The zero-order valence-electron chi connectivity index (χ0n) is 16.0. The molecule has 5 rings (SSSR count). The van der Waals surface area contributed by atoms with Gasteiger partial charge in [0.05, 0.1) is 16.6 Å². The van der Waals surface area contributed by atoms with Crippen LogP contribution in [0.5, 0.6) is 5.75 Å². The number of pyridine rings is 1. The molecule has 146 valence electrons. The van der Waals surface area contributed by atoms with E-state index in [1.165, 1.54) is 5.56 Å². The maximum atomic E-state index is 10.7. The highest BCUT2D eigenvalue weighted by Gasteiger charge is 2.29. The largest absolute Gasteiger partial charge is 0.488 e. The van der Waals surface area contributed by atoms with Crippen molar-refractivity contribution in [1.29, 1.82) is 0 Å². The van der Waals surface area contributed by atoms with Crippen LogP contribution in [0.15, 0.2) is 67.1 Å². The highest BCUT2D eigenvalue weighted by Crippen LogP contribution is 2.24. The van der Waals surface area contributed by atoms with E-state index in [9.17, 15) is 5.11 Å². The van der Waals surface area contributed by atoms with Crippen LogP contribution in [0.3, 0.4) is 0 Å². The monoisotopic (exact) mass is 386 g/mol. The van der Waals surface area contributed by atoms with Crippen molar-refractivity contribution >= 4 is 21.9 Å². The maximum absolute atomic E-state index is 10.7. The zero-order valence-corrected chi connectivity index (χ0v) is 16.0. The summed E-state index contributed by atoms with van der Waals surface area (Å²) < 4.78 is 6.10.